The molecule has 1 amide bonds. The summed E-state index contributed by atoms with van der Waals surface area (Å²) in [4.78, 5) is 24.7. The smallest absolute Gasteiger partial charge is 0.411 e. The van der Waals surface area contributed by atoms with Crippen molar-refractivity contribution in [1.82, 2.24) is 0 Å². The summed E-state index contributed by atoms with van der Waals surface area (Å²) in [5.41, 5.74) is 1.36. The zero-order valence-corrected chi connectivity index (χ0v) is 17.2. The molecular weight excluding hydrogens is 350 g/mol. The number of anilines is 1. The highest BCUT2D eigenvalue weighted by molar-refractivity contribution is 6.00. The van der Waals surface area contributed by atoms with Gasteiger partial charge in [-0.05, 0) is 35.4 Å². The first-order valence-corrected chi connectivity index (χ1v) is 10.6. The normalized spacial score (nSPS) is 10.9. The number of benzene rings is 2. The van der Waals surface area contributed by atoms with E-state index in [1.807, 2.05) is 30.3 Å². The fraction of sp³-hybridized carbons (Fsp3) is 0.500. The maximum Gasteiger partial charge on any atom is 0.411 e. The van der Waals surface area contributed by atoms with Crippen LogP contribution in [-0.2, 0) is 0 Å². The van der Waals surface area contributed by atoms with Crippen molar-refractivity contribution in [3.8, 4) is 0 Å². The van der Waals surface area contributed by atoms with E-state index < -0.39 is 6.09 Å². The van der Waals surface area contributed by atoms with Crippen LogP contribution in [0.4, 0.5) is 10.5 Å². The summed E-state index contributed by atoms with van der Waals surface area (Å²) < 4.78 is 0. The molecular formula is C24H33NO3. The molecule has 2 aromatic rings. The first-order chi connectivity index (χ1) is 13.5. The molecule has 2 rings (SSSR count). The predicted octanol–water partition coefficient (Wildman–Crippen LogP) is 7.06. The molecule has 1 N–H and O–H groups in total. The Morgan fingerprint density at radius 2 is 1.39 bits per heavy atom. The average molecular weight is 384 g/mol. The van der Waals surface area contributed by atoms with E-state index in [-0.39, 0.29) is 5.78 Å². The van der Waals surface area contributed by atoms with Crippen LogP contribution < -0.4 is 4.90 Å². The number of carbonyl (C=O) groups is 2. The first-order valence-electron chi connectivity index (χ1n) is 10.6. The SMILES string of the molecule is CCCCCCCCCCCC(=O)c1ccc2cc(N(C)C(=O)O)ccc2c1. The molecule has 0 aromatic heterocycles. The molecule has 0 atom stereocenters. The van der Waals surface area contributed by atoms with E-state index in [2.05, 4.69) is 6.92 Å². The van der Waals surface area contributed by atoms with Crippen molar-refractivity contribution >= 4 is 28.3 Å². The van der Waals surface area contributed by atoms with Gasteiger partial charge in [0.25, 0.3) is 0 Å². The van der Waals surface area contributed by atoms with E-state index in [1.54, 1.807) is 6.07 Å². The quantitative estimate of drug-likeness (QED) is 0.315. The minimum Gasteiger partial charge on any atom is -0.465 e. The average Bonchev–Trinajstić information content (AvgIpc) is 2.70. The Kier molecular flexibility index (Phi) is 8.99. The molecule has 0 spiro atoms. The third-order valence-corrected chi connectivity index (χ3v) is 5.33. The van der Waals surface area contributed by atoms with Crippen LogP contribution in [0.2, 0.25) is 0 Å². The van der Waals surface area contributed by atoms with E-state index in [4.69, 9.17) is 5.11 Å². The van der Waals surface area contributed by atoms with Crippen molar-refractivity contribution in [1.29, 1.82) is 0 Å². The summed E-state index contributed by atoms with van der Waals surface area (Å²) in [5.74, 6) is 0.191. The fourth-order valence-corrected chi connectivity index (χ4v) is 3.47. The van der Waals surface area contributed by atoms with E-state index in [0.29, 0.717) is 12.1 Å². The molecule has 0 aliphatic heterocycles. The van der Waals surface area contributed by atoms with Crippen molar-refractivity contribution in [3.63, 3.8) is 0 Å². The van der Waals surface area contributed by atoms with Gasteiger partial charge in [-0.1, -0.05) is 76.5 Å². The van der Waals surface area contributed by atoms with Crippen molar-refractivity contribution in [2.45, 2.75) is 71.1 Å². The number of amides is 1. The van der Waals surface area contributed by atoms with Crippen molar-refractivity contribution in [2.75, 3.05) is 11.9 Å². The second-order valence-corrected chi connectivity index (χ2v) is 7.59. The summed E-state index contributed by atoms with van der Waals surface area (Å²) in [6, 6.07) is 11.1. The van der Waals surface area contributed by atoms with Gasteiger partial charge in [-0.3, -0.25) is 9.69 Å². The minimum absolute atomic E-state index is 0.191. The molecule has 0 unspecified atom stereocenters. The third kappa shape index (κ3) is 6.66. The summed E-state index contributed by atoms with van der Waals surface area (Å²) in [7, 11) is 1.52. The molecule has 4 nitrogen and oxygen atoms in total. The lowest BCUT2D eigenvalue weighted by Crippen LogP contribution is -2.23. The van der Waals surface area contributed by atoms with Gasteiger partial charge < -0.3 is 5.11 Å². The molecule has 0 saturated heterocycles. The zero-order valence-electron chi connectivity index (χ0n) is 17.2. The number of Topliss-reactive ketones (excluding diaryl/α,β-unsaturated/α-hetero) is 1. The van der Waals surface area contributed by atoms with Crippen LogP contribution in [0.5, 0.6) is 0 Å². The maximum absolute atomic E-state index is 12.5. The Bertz CT molecular complexity index is 785. The second-order valence-electron chi connectivity index (χ2n) is 7.59. The number of ketones is 1. The summed E-state index contributed by atoms with van der Waals surface area (Å²) in [6.45, 7) is 2.24. The minimum atomic E-state index is -0.993. The topological polar surface area (TPSA) is 57.6 Å². The van der Waals surface area contributed by atoms with Crippen LogP contribution in [-0.4, -0.2) is 24.0 Å². The molecule has 4 heteroatoms. The Labute approximate surface area is 168 Å². The van der Waals surface area contributed by atoms with Gasteiger partial charge >= 0.3 is 6.09 Å². The molecule has 2 aromatic carbocycles. The van der Waals surface area contributed by atoms with E-state index in [1.165, 1.54) is 56.9 Å². The van der Waals surface area contributed by atoms with E-state index >= 15 is 0 Å². The number of rotatable bonds is 12. The highest BCUT2D eigenvalue weighted by Crippen LogP contribution is 2.23. The van der Waals surface area contributed by atoms with Gasteiger partial charge in [0.1, 0.15) is 0 Å². The largest absolute Gasteiger partial charge is 0.465 e. The molecule has 0 radical (unpaired) electrons. The third-order valence-electron chi connectivity index (χ3n) is 5.33. The van der Waals surface area contributed by atoms with Gasteiger partial charge in [0.05, 0.1) is 0 Å². The fourth-order valence-electron chi connectivity index (χ4n) is 3.47. The summed E-state index contributed by atoms with van der Waals surface area (Å²) >= 11 is 0. The van der Waals surface area contributed by atoms with Gasteiger partial charge in [-0.2, -0.15) is 0 Å². The van der Waals surface area contributed by atoms with Gasteiger partial charge in [0.15, 0.2) is 5.78 Å². The van der Waals surface area contributed by atoms with Gasteiger partial charge in [0.2, 0.25) is 0 Å². The van der Waals surface area contributed by atoms with Gasteiger partial charge in [0, 0.05) is 24.7 Å². The lowest BCUT2D eigenvalue weighted by atomic mass is 10.00. The van der Waals surface area contributed by atoms with Crippen LogP contribution in [0.1, 0.15) is 81.5 Å². The zero-order chi connectivity index (χ0) is 20.4. The Morgan fingerprint density at radius 1 is 0.821 bits per heavy atom. The summed E-state index contributed by atoms with van der Waals surface area (Å²) in [6.07, 6.45) is 10.8. The molecule has 28 heavy (non-hydrogen) atoms. The monoisotopic (exact) mass is 383 g/mol. The number of fused-ring (bicyclic) bond motifs is 1. The Morgan fingerprint density at radius 3 is 2.04 bits per heavy atom. The molecule has 0 heterocycles. The molecule has 0 aliphatic carbocycles. The number of carboxylic acid groups (broad SMARTS) is 1. The highest BCUT2D eigenvalue weighted by Gasteiger charge is 2.10. The van der Waals surface area contributed by atoms with Crippen LogP contribution in [0, 0.1) is 0 Å². The molecule has 0 bridgehead atoms. The number of nitrogens with zero attached hydrogens (tertiary/aromatic N) is 1. The van der Waals surface area contributed by atoms with Crippen LogP contribution in [0.3, 0.4) is 0 Å². The van der Waals surface area contributed by atoms with Crippen molar-refractivity contribution in [3.05, 3.63) is 42.0 Å². The summed E-state index contributed by atoms with van der Waals surface area (Å²) in [5, 5.41) is 11.0. The van der Waals surface area contributed by atoms with Gasteiger partial charge in [-0.15, -0.1) is 0 Å². The number of hydrogen-bond acceptors (Lipinski definition) is 2. The van der Waals surface area contributed by atoms with Crippen LogP contribution >= 0.6 is 0 Å². The van der Waals surface area contributed by atoms with Crippen molar-refractivity contribution in [2.24, 2.45) is 0 Å². The lowest BCUT2D eigenvalue weighted by molar-refractivity contribution is 0.0979. The molecule has 0 fully saturated rings. The Hall–Kier alpha value is -2.36. The first kappa shape index (κ1) is 21.9. The van der Waals surface area contributed by atoms with Gasteiger partial charge in [-0.25, -0.2) is 4.79 Å². The standard InChI is InChI=1S/C24H33NO3/c1-3-4-5-6-7-8-9-10-11-12-23(26)21-14-13-20-18-22(25(2)24(27)28)16-15-19(20)17-21/h13-18H,3-12H2,1-2H3,(H,27,28). The molecule has 152 valence electrons. The molecule has 0 aliphatic rings. The lowest BCUT2D eigenvalue weighted by Gasteiger charge is -2.14. The molecule has 0 saturated carbocycles. The predicted molar refractivity (Wildman–Crippen MR) is 117 cm³/mol. The van der Waals surface area contributed by atoms with Crippen LogP contribution in [0.25, 0.3) is 10.8 Å². The van der Waals surface area contributed by atoms with Crippen LogP contribution in [0.15, 0.2) is 36.4 Å². The number of hydrogen-bond donors (Lipinski definition) is 1. The maximum atomic E-state index is 12.5. The number of carbonyl (C=O) groups excluding carboxylic acids is 1. The van der Waals surface area contributed by atoms with E-state index in [0.717, 1.165) is 29.2 Å². The Balaban J connectivity index is 1.80. The highest BCUT2D eigenvalue weighted by atomic mass is 16.4. The second kappa shape index (κ2) is 11.5. The number of unbranched alkanes of at least 4 members (excludes halogenated alkanes) is 8. The van der Waals surface area contributed by atoms with Crippen molar-refractivity contribution < 1.29 is 14.7 Å². The van der Waals surface area contributed by atoms with E-state index in [9.17, 15) is 9.59 Å².